The molecule has 2 N–H and O–H groups in total. The first kappa shape index (κ1) is 16.3. The number of halogens is 1. The predicted molar refractivity (Wildman–Crippen MR) is 88.9 cm³/mol. The summed E-state index contributed by atoms with van der Waals surface area (Å²) in [4.78, 5) is 12.3. The van der Waals surface area contributed by atoms with E-state index in [1.807, 2.05) is 0 Å². The summed E-state index contributed by atoms with van der Waals surface area (Å²) in [6.45, 7) is 1.52. The molecule has 0 unspecified atom stereocenters. The number of sulfonamides is 1. The summed E-state index contributed by atoms with van der Waals surface area (Å²) in [5.41, 5.74) is 1.01. The number of anilines is 2. The zero-order valence-corrected chi connectivity index (χ0v) is 13.4. The molecule has 0 aliphatic heterocycles. The molecule has 2 aromatic carbocycles. The number of hydrogen-bond donors (Lipinski definition) is 2. The lowest BCUT2D eigenvalue weighted by Crippen LogP contribution is -2.19. The first-order valence-corrected chi connectivity index (χ1v) is 8.61. The molecule has 0 aliphatic carbocycles. The lowest BCUT2D eigenvalue weighted by Gasteiger charge is -2.12. The Morgan fingerprint density at radius 2 is 1.86 bits per heavy atom. The maximum absolute atomic E-state index is 12.3. The van der Waals surface area contributed by atoms with Crippen LogP contribution in [0.1, 0.15) is 17.3 Å². The standard InChI is InChI=1S/C15H15ClN2O3S/c1-2-22(20,21)18-14-9-4-3-8-13(14)15(19)17-12-7-5-6-11(16)10-12/h3-10,18H,2H2,1H3,(H,17,19). The van der Waals surface area contributed by atoms with E-state index < -0.39 is 15.9 Å². The van der Waals surface area contributed by atoms with E-state index in [4.69, 9.17) is 11.6 Å². The quantitative estimate of drug-likeness (QED) is 0.877. The third-order valence-electron chi connectivity index (χ3n) is 2.90. The molecular weight excluding hydrogens is 324 g/mol. The highest BCUT2D eigenvalue weighted by molar-refractivity contribution is 7.92. The van der Waals surface area contributed by atoms with E-state index in [1.165, 1.54) is 6.92 Å². The highest BCUT2D eigenvalue weighted by Gasteiger charge is 2.15. The monoisotopic (exact) mass is 338 g/mol. The average Bonchev–Trinajstić information content (AvgIpc) is 2.47. The summed E-state index contributed by atoms with van der Waals surface area (Å²) in [6, 6.07) is 13.1. The van der Waals surface area contributed by atoms with Gasteiger partial charge in [0.1, 0.15) is 0 Å². The van der Waals surface area contributed by atoms with Crippen LogP contribution < -0.4 is 10.0 Å². The van der Waals surface area contributed by atoms with Crippen molar-refractivity contribution in [1.82, 2.24) is 0 Å². The van der Waals surface area contributed by atoms with Crippen LogP contribution in [-0.2, 0) is 10.0 Å². The summed E-state index contributed by atoms with van der Waals surface area (Å²) < 4.78 is 25.8. The van der Waals surface area contributed by atoms with Crippen molar-refractivity contribution in [2.45, 2.75) is 6.92 Å². The van der Waals surface area contributed by atoms with E-state index in [0.717, 1.165) is 0 Å². The van der Waals surface area contributed by atoms with Crippen molar-refractivity contribution < 1.29 is 13.2 Å². The van der Waals surface area contributed by atoms with Crippen molar-refractivity contribution in [1.29, 1.82) is 0 Å². The fourth-order valence-corrected chi connectivity index (χ4v) is 2.62. The van der Waals surface area contributed by atoms with E-state index in [9.17, 15) is 13.2 Å². The van der Waals surface area contributed by atoms with Gasteiger partial charge in [-0.05, 0) is 37.3 Å². The van der Waals surface area contributed by atoms with Gasteiger partial charge in [-0.25, -0.2) is 8.42 Å². The number of benzene rings is 2. The largest absolute Gasteiger partial charge is 0.322 e. The van der Waals surface area contributed by atoms with Gasteiger partial charge < -0.3 is 5.32 Å². The molecule has 0 fully saturated rings. The third-order valence-corrected chi connectivity index (χ3v) is 4.43. The molecule has 22 heavy (non-hydrogen) atoms. The number of nitrogens with one attached hydrogen (secondary N) is 2. The first-order chi connectivity index (χ1) is 10.4. The molecule has 0 heterocycles. The second-order valence-electron chi connectivity index (χ2n) is 4.52. The molecule has 5 nitrogen and oxygen atoms in total. The van der Waals surface area contributed by atoms with Gasteiger partial charge >= 0.3 is 0 Å². The maximum Gasteiger partial charge on any atom is 0.257 e. The van der Waals surface area contributed by atoms with Gasteiger partial charge in [-0.2, -0.15) is 0 Å². The SMILES string of the molecule is CCS(=O)(=O)Nc1ccccc1C(=O)Nc1cccc(Cl)c1. The normalized spacial score (nSPS) is 11.0. The molecule has 0 atom stereocenters. The number of amides is 1. The summed E-state index contributed by atoms with van der Waals surface area (Å²) in [5.74, 6) is -0.492. The Balaban J connectivity index is 2.27. The molecule has 0 radical (unpaired) electrons. The summed E-state index contributed by atoms with van der Waals surface area (Å²) in [6.07, 6.45) is 0. The molecule has 0 aliphatic rings. The Bertz CT molecular complexity index is 791. The minimum Gasteiger partial charge on any atom is -0.322 e. The molecule has 0 bridgehead atoms. The van der Waals surface area contributed by atoms with Gasteiger partial charge in [0.25, 0.3) is 5.91 Å². The van der Waals surface area contributed by atoms with Crippen molar-refractivity contribution in [2.24, 2.45) is 0 Å². The highest BCUT2D eigenvalue weighted by Crippen LogP contribution is 2.20. The van der Waals surface area contributed by atoms with E-state index >= 15 is 0 Å². The van der Waals surface area contributed by atoms with Gasteiger partial charge in [-0.15, -0.1) is 0 Å². The van der Waals surface area contributed by atoms with Crippen molar-refractivity contribution >= 4 is 38.9 Å². The molecule has 0 spiro atoms. The fourth-order valence-electron chi connectivity index (χ4n) is 1.77. The van der Waals surface area contributed by atoms with E-state index in [-0.39, 0.29) is 17.0 Å². The molecule has 7 heteroatoms. The number of para-hydroxylation sites is 1. The number of rotatable bonds is 5. The Kier molecular flexibility index (Phi) is 5.05. The van der Waals surface area contributed by atoms with Gasteiger partial charge in [0.15, 0.2) is 0 Å². The summed E-state index contributed by atoms with van der Waals surface area (Å²) >= 11 is 5.87. The molecule has 116 valence electrons. The first-order valence-electron chi connectivity index (χ1n) is 6.58. The summed E-state index contributed by atoms with van der Waals surface area (Å²) in [5, 5.41) is 3.18. The van der Waals surface area contributed by atoms with E-state index in [0.29, 0.717) is 10.7 Å². The number of carbonyl (C=O) groups excluding carboxylic acids is 1. The zero-order chi connectivity index (χ0) is 16.2. The van der Waals surface area contributed by atoms with Crippen molar-refractivity contribution in [3.8, 4) is 0 Å². The number of carbonyl (C=O) groups is 1. The molecule has 0 aromatic heterocycles. The Morgan fingerprint density at radius 1 is 1.14 bits per heavy atom. The van der Waals surface area contributed by atoms with Crippen LogP contribution in [0.2, 0.25) is 5.02 Å². The van der Waals surface area contributed by atoms with Gasteiger partial charge in [-0.3, -0.25) is 9.52 Å². The van der Waals surface area contributed by atoms with Gasteiger partial charge in [0, 0.05) is 10.7 Å². The van der Waals surface area contributed by atoms with Crippen LogP contribution in [0.25, 0.3) is 0 Å². The molecular formula is C15H15ClN2O3S. The molecule has 2 aromatic rings. The topological polar surface area (TPSA) is 75.3 Å². The van der Waals surface area contributed by atoms with Crippen LogP contribution in [-0.4, -0.2) is 20.1 Å². The smallest absolute Gasteiger partial charge is 0.257 e. The Hall–Kier alpha value is -2.05. The minimum absolute atomic E-state index is 0.0722. The Labute approximate surface area is 134 Å². The lowest BCUT2D eigenvalue weighted by molar-refractivity contribution is 0.102. The third kappa shape index (κ3) is 4.22. The second kappa shape index (κ2) is 6.81. The minimum atomic E-state index is -3.46. The highest BCUT2D eigenvalue weighted by atomic mass is 35.5. The zero-order valence-electron chi connectivity index (χ0n) is 11.8. The predicted octanol–water partition coefficient (Wildman–Crippen LogP) is 3.35. The average molecular weight is 339 g/mol. The Morgan fingerprint density at radius 3 is 2.55 bits per heavy atom. The van der Waals surface area contributed by atoms with Crippen LogP contribution in [0.5, 0.6) is 0 Å². The van der Waals surface area contributed by atoms with Crippen molar-refractivity contribution in [2.75, 3.05) is 15.8 Å². The van der Waals surface area contributed by atoms with Crippen molar-refractivity contribution in [3.63, 3.8) is 0 Å². The molecule has 1 amide bonds. The van der Waals surface area contributed by atoms with Crippen LogP contribution >= 0.6 is 11.6 Å². The summed E-state index contributed by atoms with van der Waals surface area (Å²) in [7, 11) is -3.46. The van der Waals surface area contributed by atoms with Crippen LogP contribution in [0.4, 0.5) is 11.4 Å². The van der Waals surface area contributed by atoms with Gasteiger partial charge in [0.05, 0.1) is 17.0 Å². The van der Waals surface area contributed by atoms with Crippen molar-refractivity contribution in [3.05, 3.63) is 59.1 Å². The number of hydrogen-bond acceptors (Lipinski definition) is 3. The van der Waals surface area contributed by atoms with Crippen LogP contribution in [0, 0.1) is 0 Å². The molecule has 0 saturated carbocycles. The molecule has 2 rings (SSSR count). The van der Waals surface area contributed by atoms with Gasteiger partial charge in [0.2, 0.25) is 10.0 Å². The lowest BCUT2D eigenvalue weighted by atomic mass is 10.1. The van der Waals surface area contributed by atoms with E-state index in [1.54, 1.807) is 48.5 Å². The fraction of sp³-hybridized carbons (Fsp3) is 0.133. The second-order valence-corrected chi connectivity index (χ2v) is 6.96. The molecule has 0 saturated heterocycles. The maximum atomic E-state index is 12.3. The van der Waals surface area contributed by atoms with Crippen LogP contribution in [0.15, 0.2) is 48.5 Å². The van der Waals surface area contributed by atoms with E-state index in [2.05, 4.69) is 10.0 Å². The van der Waals surface area contributed by atoms with Gasteiger partial charge in [-0.1, -0.05) is 29.8 Å². The van der Waals surface area contributed by atoms with Crippen LogP contribution in [0.3, 0.4) is 0 Å².